The summed E-state index contributed by atoms with van der Waals surface area (Å²) in [5.41, 5.74) is 0.718. The number of rotatable bonds is 5. The maximum absolute atomic E-state index is 11.9. The first-order chi connectivity index (χ1) is 11.2. The average Bonchev–Trinajstić information content (AvgIpc) is 2.58. The molecular formula is C17H15N3O3. The highest BCUT2D eigenvalue weighted by atomic mass is 16.5. The van der Waals surface area contributed by atoms with E-state index in [9.17, 15) is 9.59 Å². The summed E-state index contributed by atoms with van der Waals surface area (Å²) < 4.78 is 6.60. The summed E-state index contributed by atoms with van der Waals surface area (Å²) in [4.78, 5) is 26.0. The Labute approximate surface area is 132 Å². The Kier molecular flexibility index (Phi) is 4.44. The molecule has 1 N–H and O–H groups in total. The van der Waals surface area contributed by atoms with Crippen LogP contribution in [0.25, 0.3) is 11.3 Å². The molecule has 116 valence electrons. The fourth-order valence-corrected chi connectivity index (χ4v) is 2.13. The standard InChI is InChI=1S/C17H15N3O3/c21-16-15(14-9-5-2-6-10-14)19-20(17(22)18-16)12-23-11-13-7-3-1-4-8-13/h1-10H,11-12H2,(H,18,21,22). The van der Waals surface area contributed by atoms with E-state index in [1.165, 1.54) is 0 Å². The Hall–Kier alpha value is -2.99. The number of nitrogens with zero attached hydrogens (tertiary/aromatic N) is 2. The first-order valence-corrected chi connectivity index (χ1v) is 7.12. The maximum Gasteiger partial charge on any atom is 0.347 e. The molecule has 6 nitrogen and oxygen atoms in total. The predicted octanol–water partition coefficient (Wildman–Crippen LogP) is 1.77. The van der Waals surface area contributed by atoms with Gasteiger partial charge in [-0.2, -0.15) is 9.78 Å². The van der Waals surface area contributed by atoms with Crippen molar-refractivity contribution in [2.75, 3.05) is 0 Å². The minimum absolute atomic E-state index is 0.0374. The number of H-pyrrole nitrogens is 1. The van der Waals surface area contributed by atoms with Gasteiger partial charge in [0.15, 0.2) is 5.69 Å². The summed E-state index contributed by atoms with van der Waals surface area (Å²) in [7, 11) is 0. The number of hydrogen-bond donors (Lipinski definition) is 1. The molecule has 0 unspecified atom stereocenters. The lowest BCUT2D eigenvalue weighted by Gasteiger charge is -2.07. The number of aromatic amines is 1. The zero-order valence-corrected chi connectivity index (χ0v) is 12.3. The Balaban J connectivity index is 1.80. The Morgan fingerprint density at radius 1 is 0.957 bits per heavy atom. The summed E-state index contributed by atoms with van der Waals surface area (Å²) in [6.07, 6.45) is 0. The lowest BCUT2D eigenvalue weighted by molar-refractivity contribution is 0.0518. The molecule has 1 heterocycles. The molecule has 3 aromatic rings. The van der Waals surface area contributed by atoms with Gasteiger partial charge >= 0.3 is 5.69 Å². The van der Waals surface area contributed by atoms with E-state index < -0.39 is 11.2 Å². The lowest BCUT2D eigenvalue weighted by atomic mass is 10.2. The van der Waals surface area contributed by atoms with Gasteiger partial charge in [0.25, 0.3) is 5.56 Å². The quantitative estimate of drug-likeness (QED) is 0.779. The zero-order chi connectivity index (χ0) is 16.1. The number of benzene rings is 2. The smallest absolute Gasteiger partial charge is 0.347 e. The molecule has 0 aliphatic carbocycles. The van der Waals surface area contributed by atoms with Crippen LogP contribution in [-0.4, -0.2) is 14.8 Å². The van der Waals surface area contributed by atoms with E-state index in [1.807, 2.05) is 36.4 Å². The van der Waals surface area contributed by atoms with E-state index in [0.717, 1.165) is 10.2 Å². The van der Waals surface area contributed by atoms with Crippen LogP contribution in [-0.2, 0) is 18.1 Å². The van der Waals surface area contributed by atoms with Gasteiger partial charge in [-0.3, -0.25) is 9.78 Å². The van der Waals surface area contributed by atoms with Gasteiger partial charge in [0, 0.05) is 5.56 Å². The van der Waals surface area contributed by atoms with E-state index >= 15 is 0 Å². The fraction of sp³-hybridized carbons (Fsp3) is 0.118. The summed E-state index contributed by atoms with van der Waals surface area (Å²) in [6.45, 7) is 0.319. The molecule has 0 atom stereocenters. The molecule has 0 radical (unpaired) electrons. The summed E-state index contributed by atoms with van der Waals surface area (Å²) in [6, 6.07) is 18.6. The molecule has 0 fully saturated rings. The number of aromatic nitrogens is 3. The van der Waals surface area contributed by atoms with Gasteiger partial charge in [0.05, 0.1) is 6.61 Å². The molecule has 3 rings (SSSR count). The van der Waals surface area contributed by atoms with Crippen LogP contribution in [0.5, 0.6) is 0 Å². The van der Waals surface area contributed by atoms with Crippen LogP contribution >= 0.6 is 0 Å². The predicted molar refractivity (Wildman–Crippen MR) is 85.8 cm³/mol. The van der Waals surface area contributed by atoms with Gasteiger partial charge in [0.2, 0.25) is 0 Å². The largest absolute Gasteiger partial charge is 0.354 e. The second-order valence-corrected chi connectivity index (χ2v) is 4.94. The van der Waals surface area contributed by atoms with E-state index in [0.29, 0.717) is 12.2 Å². The van der Waals surface area contributed by atoms with Gasteiger partial charge in [-0.1, -0.05) is 60.7 Å². The molecule has 23 heavy (non-hydrogen) atoms. The van der Waals surface area contributed by atoms with Gasteiger partial charge in [-0.15, -0.1) is 0 Å². The third-order valence-corrected chi connectivity index (χ3v) is 3.26. The van der Waals surface area contributed by atoms with Crippen LogP contribution in [0.4, 0.5) is 0 Å². The molecule has 0 spiro atoms. The van der Waals surface area contributed by atoms with Crippen molar-refractivity contribution in [1.29, 1.82) is 0 Å². The molecule has 0 saturated carbocycles. The van der Waals surface area contributed by atoms with Gasteiger partial charge in [-0.05, 0) is 5.56 Å². The second kappa shape index (κ2) is 6.85. The zero-order valence-electron chi connectivity index (χ0n) is 12.3. The minimum atomic E-state index is -0.595. The van der Waals surface area contributed by atoms with Crippen molar-refractivity contribution in [1.82, 2.24) is 14.8 Å². The highest BCUT2D eigenvalue weighted by Crippen LogP contribution is 2.10. The Bertz CT molecular complexity index is 886. The molecule has 6 heteroatoms. The van der Waals surface area contributed by atoms with Gasteiger partial charge in [-0.25, -0.2) is 4.79 Å². The van der Waals surface area contributed by atoms with Crippen molar-refractivity contribution < 1.29 is 4.74 Å². The van der Waals surface area contributed by atoms with Crippen molar-refractivity contribution in [3.63, 3.8) is 0 Å². The number of ether oxygens (including phenoxy) is 1. The van der Waals surface area contributed by atoms with Crippen LogP contribution in [0.15, 0.2) is 70.3 Å². The third-order valence-electron chi connectivity index (χ3n) is 3.26. The van der Waals surface area contributed by atoms with Gasteiger partial charge in [0.1, 0.15) is 6.73 Å². The second-order valence-electron chi connectivity index (χ2n) is 4.94. The van der Waals surface area contributed by atoms with Crippen molar-refractivity contribution in [3.8, 4) is 11.3 Å². The number of hydrogen-bond acceptors (Lipinski definition) is 4. The van der Waals surface area contributed by atoms with Gasteiger partial charge < -0.3 is 4.74 Å². The molecule has 0 bridgehead atoms. The van der Waals surface area contributed by atoms with Crippen LogP contribution in [0.1, 0.15) is 5.56 Å². The van der Waals surface area contributed by atoms with E-state index in [1.54, 1.807) is 24.3 Å². The normalized spacial score (nSPS) is 10.6. The Morgan fingerprint density at radius 3 is 2.30 bits per heavy atom. The monoisotopic (exact) mass is 309 g/mol. The minimum Gasteiger partial charge on any atom is -0.354 e. The first kappa shape index (κ1) is 14.9. The van der Waals surface area contributed by atoms with Crippen molar-refractivity contribution in [2.24, 2.45) is 0 Å². The molecule has 0 amide bonds. The molecule has 0 aliphatic rings. The topological polar surface area (TPSA) is 77.0 Å². The molecule has 1 aromatic heterocycles. The summed E-state index contributed by atoms with van der Waals surface area (Å²) in [5, 5.41) is 4.11. The van der Waals surface area contributed by atoms with E-state index in [-0.39, 0.29) is 12.4 Å². The highest BCUT2D eigenvalue weighted by molar-refractivity contribution is 5.56. The summed E-state index contributed by atoms with van der Waals surface area (Å²) >= 11 is 0. The van der Waals surface area contributed by atoms with Crippen molar-refractivity contribution >= 4 is 0 Å². The molecule has 0 saturated heterocycles. The maximum atomic E-state index is 11.9. The SMILES string of the molecule is O=c1[nH]c(=O)n(COCc2ccccc2)nc1-c1ccccc1. The molecule has 2 aromatic carbocycles. The summed E-state index contributed by atoms with van der Waals surface area (Å²) in [5.74, 6) is 0. The van der Waals surface area contributed by atoms with E-state index in [2.05, 4.69) is 10.1 Å². The average molecular weight is 309 g/mol. The third kappa shape index (κ3) is 3.61. The van der Waals surface area contributed by atoms with Crippen molar-refractivity contribution in [3.05, 3.63) is 87.1 Å². The van der Waals surface area contributed by atoms with Crippen LogP contribution in [0.2, 0.25) is 0 Å². The van der Waals surface area contributed by atoms with Crippen LogP contribution < -0.4 is 11.2 Å². The first-order valence-electron chi connectivity index (χ1n) is 7.12. The van der Waals surface area contributed by atoms with Crippen molar-refractivity contribution in [2.45, 2.75) is 13.3 Å². The lowest BCUT2D eigenvalue weighted by Crippen LogP contribution is -2.34. The Morgan fingerprint density at radius 2 is 1.61 bits per heavy atom. The fourth-order valence-electron chi connectivity index (χ4n) is 2.13. The van der Waals surface area contributed by atoms with Crippen LogP contribution in [0, 0.1) is 0 Å². The highest BCUT2D eigenvalue weighted by Gasteiger charge is 2.08. The molecule has 0 aliphatic heterocycles. The van der Waals surface area contributed by atoms with E-state index in [4.69, 9.17) is 4.74 Å². The number of nitrogens with one attached hydrogen (secondary N) is 1. The van der Waals surface area contributed by atoms with Crippen LogP contribution in [0.3, 0.4) is 0 Å². The molecular weight excluding hydrogens is 294 g/mol.